The summed E-state index contributed by atoms with van der Waals surface area (Å²) in [4.78, 5) is 8.53. The first kappa shape index (κ1) is 16.3. The molecule has 0 radical (unpaired) electrons. The van der Waals surface area contributed by atoms with Gasteiger partial charge < -0.3 is 4.90 Å². The first-order valence-corrected chi connectivity index (χ1v) is 9.47. The van der Waals surface area contributed by atoms with Crippen LogP contribution in [0, 0.1) is 0 Å². The zero-order valence-corrected chi connectivity index (χ0v) is 15.1. The van der Waals surface area contributed by atoms with Crippen molar-refractivity contribution in [3.8, 4) is 10.6 Å². The molecular weight excluding hydrogens is 300 g/mol. The molecule has 3 heteroatoms. The van der Waals surface area contributed by atoms with E-state index >= 15 is 0 Å². The molecule has 1 aliphatic heterocycles. The van der Waals surface area contributed by atoms with Crippen LogP contribution < -0.4 is 0 Å². The van der Waals surface area contributed by atoms with Crippen molar-refractivity contribution >= 4 is 11.3 Å². The molecule has 0 unspecified atom stereocenters. The molecule has 0 amide bonds. The fraction of sp³-hybridized carbons (Fsp3) is 0.450. The van der Waals surface area contributed by atoms with Crippen molar-refractivity contribution in [2.75, 3.05) is 0 Å². The lowest BCUT2D eigenvalue weighted by molar-refractivity contribution is 0.364. The molecule has 1 aliphatic rings. The Kier molecular flexibility index (Phi) is 5.16. The predicted molar refractivity (Wildman–Crippen MR) is 99.5 cm³/mol. The Labute approximate surface area is 143 Å². The Morgan fingerprint density at radius 2 is 1.96 bits per heavy atom. The van der Waals surface area contributed by atoms with Crippen LogP contribution in [0.2, 0.25) is 0 Å². The number of unbranched alkanes of at least 4 members (excludes halogenated alkanes) is 3. The van der Waals surface area contributed by atoms with Crippen molar-refractivity contribution in [1.29, 1.82) is 0 Å². The molecule has 0 saturated heterocycles. The number of fused-ring (bicyclic) bond motifs is 1. The highest BCUT2D eigenvalue weighted by Gasteiger charge is 2.23. The van der Waals surface area contributed by atoms with Crippen LogP contribution in [-0.4, -0.2) is 9.88 Å². The van der Waals surface area contributed by atoms with Gasteiger partial charge in [0.1, 0.15) is 5.01 Å². The summed E-state index contributed by atoms with van der Waals surface area (Å²) in [5, 5.41) is 1.16. The average Bonchev–Trinajstić information content (AvgIpc) is 3.11. The standard InChI is InChI=1S/C20H26N2S/c1-4-5-6-7-8-16-9-11-17(12-10-16)20-21-18-13-22(15(2)3)14-19(18)23-20/h9-12H,2,4-8,13-14H2,1,3H3. The van der Waals surface area contributed by atoms with Gasteiger partial charge in [-0.05, 0) is 25.3 Å². The number of rotatable bonds is 7. The van der Waals surface area contributed by atoms with Gasteiger partial charge in [-0.3, -0.25) is 0 Å². The summed E-state index contributed by atoms with van der Waals surface area (Å²) >= 11 is 1.83. The minimum atomic E-state index is 0.913. The molecule has 0 spiro atoms. The van der Waals surface area contributed by atoms with Crippen LogP contribution in [0.15, 0.2) is 36.5 Å². The molecule has 0 aliphatic carbocycles. The summed E-state index contributed by atoms with van der Waals surface area (Å²) in [5.41, 5.74) is 5.06. The topological polar surface area (TPSA) is 16.1 Å². The van der Waals surface area contributed by atoms with Crippen LogP contribution in [0.25, 0.3) is 10.6 Å². The first-order valence-electron chi connectivity index (χ1n) is 8.65. The molecule has 2 heterocycles. The van der Waals surface area contributed by atoms with Gasteiger partial charge in [-0.2, -0.15) is 0 Å². The number of nitrogens with zero attached hydrogens (tertiary/aromatic N) is 2. The van der Waals surface area contributed by atoms with Crippen molar-refractivity contribution in [3.05, 3.63) is 52.7 Å². The van der Waals surface area contributed by atoms with Crippen LogP contribution in [0.5, 0.6) is 0 Å². The fourth-order valence-electron chi connectivity index (χ4n) is 3.00. The first-order chi connectivity index (χ1) is 11.2. The molecule has 122 valence electrons. The predicted octanol–water partition coefficient (Wildman–Crippen LogP) is 5.78. The highest BCUT2D eigenvalue weighted by molar-refractivity contribution is 7.15. The Hall–Kier alpha value is -1.61. The second kappa shape index (κ2) is 7.31. The van der Waals surface area contributed by atoms with Gasteiger partial charge in [-0.1, -0.05) is 57.0 Å². The molecular formula is C20H26N2S. The largest absolute Gasteiger partial charge is 0.364 e. The number of aryl methyl sites for hydroxylation is 1. The molecule has 3 rings (SSSR count). The van der Waals surface area contributed by atoms with Crippen LogP contribution in [0.1, 0.15) is 55.7 Å². The minimum absolute atomic E-state index is 0.913. The minimum Gasteiger partial charge on any atom is -0.364 e. The van der Waals surface area contributed by atoms with E-state index in [2.05, 4.69) is 49.6 Å². The van der Waals surface area contributed by atoms with Crippen LogP contribution >= 0.6 is 11.3 Å². The van der Waals surface area contributed by atoms with Gasteiger partial charge in [0.2, 0.25) is 0 Å². The van der Waals surface area contributed by atoms with E-state index in [0.717, 1.165) is 23.8 Å². The summed E-state index contributed by atoms with van der Waals surface area (Å²) in [6.07, 6.45) is 6.49. The molecule has 1 aromatic heterocycles. The summed E-state index contributed by atoms with van der Waals surface area (Å²) < 4.78 is 0. The number of allylic oxidation sites excluding steroid dienone is 1. The lowest BCUT2D eigenvalue weighted by atomic mass is 10.0. The van der Waals surface area contributed by atoms with Gasteiger partial charge in [0.25, 0.3) is 0 Å². The van der Waals surface area contributed by atoms with E-state index in [-0.39, 0.29) is 0 Å². The number of thiazole rings is 1. The van der Waals surface area contributed by atoms with Gasteiger partial charge in [0.05, 0.1) is 18.8 Å². The Balaban J connectivity index is 1.63. The smallest absolute Gasteiger partial charge is 0.124 e. The highest BCUT2D eigenvalue weighted by atomic mass is 32.1. The highest BCUT2D eigenvalue weighted by Crippen LogP contribution is 2.34. The molecule has 0 N–H and O–H groups in total. The van der Waals surface area contributed by atoms with Gasteiger partial charge in [-0.15, -0.1) is 11.3 Å². The van der Waals surface area contributed by atoms with E-state index in [9.17, 15) is 0 Å². The van der Waals surface area contributed by atoms with Crippen LogP contribution in [0.3, 0.4) is 0 Å². The summed E-state index contributed by atoms with van der Waals surface area (Å²) in [6.45, 7) is 10.2. The number of hydrogen-bond acceptors (Lipinski definition) is 3. The zero-order chi connectivity index (χ0) is 16.2. The monoisotopic (exact) mass is 326 g/mol. The second-order valence-corrected chi connectivity index (χ2v) is 7.57. The van der Waals surface area contributed by atoms with Gasteiger partial charge >= 0.3 is 0 Å². The van der Waals surface area contributed by atoms with Gasteiger partial charge in [-0.25, -0.2) is 4.98 Å². The molecule has 0 bridgehead atoms. The van der Waals surface area contributed by atoms with Crippen molar-refractivity contribution < 1.29 is 0 Å². The third kappa shape index (κ3) is 3.84. The maximum Gasteiger partial charge on any atom is 0.124 e. The molecule has 2 aromatic rings. The van der Waals surface area contributed by atoms with Gasteiger partial charge in [0, 0.05) is 16.1 Å². The van der Waals surface area contributed by atoms with Crippen LogP contribution in [0.4, 0.5) is 0 Å². The Morgan fingerprint density at radius 3 is 2.61 bits per heavy atom. The molecule has 23 heavy (non-hydrogen) atoms. The molecule has 0 atom stereocenters. The van der Waals surface area contributed by atoms with Crippen molar-refractivity contribution in [3.63, 3.8) is 0 Å². The average molecular weight is 327 g/mol. The van der Waals surface area contributed by atoms with E-state index < -0.39 is 0 Å². The lowest BCUT2D eigenvalue weighted by Gasteiger charge is -2.16. The van der Waals surface area contributed by atoms with Crippen molar-refractivity contribution in [2.45, 2.75) is 59.0 Å². The summed E-state index contributed by atoms with van der Waals surface area (Å²) in [7, 11) is 0. The normalized spacial score (nSPS) is 13.4. The van der Waals surface area contributed by atoms with Crippen molar-refractivity contribution in [2.24, 2.45) is 0 Å². The molecule has 0 fully saturated rings. The Bertz CT molecular complexity index is 646. The summed E-state index contributed by atoms with van der Waals surface area (Å²) in [5.74, 6) is 0. The maximum atomic E-state index is 4.85. The number of hydrogen-bond donors (Lipinski definition) is 0. The quantitative estimate of drug-likeness (QED) is 0.599. The van der Waals surface area contributed by atoms with Crippen molar-refractivity contribution in [1.82, 2.24) is 9.88 Å². The number of benzene rings is 1. The second-order valence-electron chi connectivity index (χ2n) is 6.49. The van der Waals surface area contributed by atoms with Gasteiger partial charge in [0.15, 0.2) is 0 Å². The van der Waals surface area contributed by atoms with E-state index in [4.69, 9.17) is 4.98 Å². The van der Waals surface area contributed by atoms with E-state index in [1.165, 1.54) is 53.8 Å². The third-order valence-corrected chi connectivity index (χ3v) is 5.64. The molecule has 1 aromatic carbocycles. The number of aromatic nitrogens is 1. The molecule has 2 nitrogen and oxygen atoms in total. The summed E-state index contributed by atoms with van der Waals surface area (Å²) in [6, 6.07) is 9.02. The SMILES string of the molecule is C=C(C)N1Cc2nc(-c3ccc(CCCCCC)cc3)sc2C1. The third-order valence-electron chi connectivity index (χ3n) is 4.51. The lowest BCUT2D eigenvalue weighted by Crippen LogP contribution is -2.12. The Morgan fingerprint density at radius 1 is 1.17 bits per heavy atom. The molecule has 0 saturated carbocycles. The van der Waals surface area contributed by atoms with Crippen LogP contribution in [-0.2, 0) is 19.5 Å². The zero-order valence-electron chi connectivity index (χ0n) is 14.3. The van der Waals surface area contributed by atoms with E-state index in [0.29, 0.717) is 0 Å². The van der Waals surface area contributed by atoms with E-state index in [1.54, 1.807) is 0 Å². The maximum absolute atomic E-state index is 4.85. The van der Waals surface area contributed by atoms with E-state index in [1.807, 2.05) is 11.3 Å². The fourth-order valence-corrected chi connectivity index (χ4v) is 4.10.